The summed E-state index contributed by atoms with van der Waals surface area (Å²) in [6.45, 7) is 0.854. The van der Waals surface area contributed by atoms with Crippen LogP contribution >= 0.6 is 0 Å². The molecule has 0 aliphatic carbocycles. The Hall–Kier alpha value is -1.84. The van der Waals surface area contributed by atoms with Crippen LogP contribution in [-0.4, -0.2) is 18.4 Å². The maximum Gasteiger partial charge on any atom is 0.306 e. The molecule has 2 rings (SSSR count). The number of amides is 1. The van der Waals surface area contributed by atoms with E-state index < -0.39 is 0 Å². The number of hydrogen-bond acceptors (Lipinski definition) is 3. The molecule has 1 N–H and O–H groups in total. The molecule has 1 heterocycles. The Morgan fingerprint density at radius 1 is 1.38 bits per heavy atom. The summed E-state index contributed by atoms with van der Waals surface area (Å²) in [5, 5.41) is 2.59. The molecular formula is C12H13NO3. The van der Waals surface area contributed by atoms with Gasteiger partial charge in [0.1, 0.15) is 6.61 Å². The third-order valence-corrected chi connectivity index (χ3v) is 2.55. The predicted molar refractivity (Wildman–Crippen MR) is 57.4 cm³/mol. The highest BCUT2D eigenvalue weighted by molar-refractivity contribution is 5.88. The zero-order valence-electron chi connectivity index (χ0n) is 8.81. The number of benzene rings is 1. The van der Waals surface area contributed by atoms with Crippen LogP contribution in [-0.2, 0) is 20.9 Å². The van der Waals surface area contributed by atoms with Crippen molar-refractivity contribution in [2.24, 2.45) is 5.92 Å². The van der Waals surface area contributed by atoms with Crippen LogP contribution < -0.4 is 5.32 Å². The van der Waals surface area contributed by atoms with Crippen LogP contribution in [0.1, 0.15) is 12.0 Å². The van der Waals surface area contributed by atoms with Crippen LogP contribution in [0.5, 0.6) is 0 Å². The minimum atomic E-state index is -0.316. The molecule has 84 valence electrons. The first kappa shape index (κ1) is 10.7. The maximum absolute atomic E-state index is 11.4. The van der Waals surface area contributed by atoms with Crippen molar-refractivity contribution >= 4 is 11.9 Å². The highest BCUT2D eigenvalue weighted by Crippen LogP contribution is 2.12. The highest BCUT2D eigenvalue weighted by Gasteiger charge is 2.30. The van der Waals surface area contributed by atoms with Gasteiger partial charge in [-0.2, -0.15) is 0 Å². The molecule has 0 bridgehead atoms. The highest BCUT2D eigenvalue weighted by atomic mass is 16.5. The smallest absolute Gasteiger partial charge is 0.306 e. The Bertz CT molecular complexity index is 389. The Morgan fingerprint density at radius 3 is 2.69 bits per heavy atom. The third kappa shape index (κ3) is 2.59. The molecule has 0 radical (unpaired) electrons. The fraction of sp³-hybridized carbons (Fsp3) is 0.333. The van der Waals surface area contributed by atoms with Crippen LogP contribution in [0.15, 0.2) is 30.3 Å². The third-order valence-electron chi connectivity index (χ3n) is 2.55. The van der Waals surface area contributed by atoms with Gasteiger partial charge < -0.3 is 10.1 Å². The van der Waals surface area contributed by atoms with Gasteiger partial charge in [0.25, 0.3) is 0 Å². The number of carbonyl (C=O) groups is 2. The number of esters is 1. The van der Waals surface area contributed by atoms with Gasteiger partial charge in [-0.1, -0.05) is 30.3 Å². The van der Waals surface area contributed by atoms with Crippen LogP contribution in [0, 0.1) is 5.92 Å². The van der Waals surface area contributed by atoms with E-state index in [1.165, 1.54) is 0 Å². The molecule has 1 unspecified atom stereocenters. The molecule has 0 aromatic heterocycles. The molecule has 1 aromatic rings. The van der Waals surface area contributed by atoms with Gasteiger partial charge in [0.2, 0.25) is 5.91 Å². The van der Waals surface area contributed by atoms with E-state index in [-0.39, 0.29) is 30.8 Å². The second kappa shape index (κ2) is 4.79. The van der Waals surface area contributed by atoms with Crippen molar-refractivity contribution in [1.82, 2.24) is 5.32 Å². The minimum Gasteiger partial charge on any atom is -0.461 e. The van der Waals surface area contributed by atoms with Gasteiger partial charge in [-0.3, -0.25) is 9.59 Å². The van der Waals surface area contributed by atoms with Crippen LogP contribution in [0.25, 0.3) is 0 Å². The molecule has 4 heteroatoms. The standard InChI is InChI=1S/C12H13NO3/c14-11(6-10-7-13-12(10)15)16-8-9-4-2-1-3-5-9/h1-5,10H,6-8H2,(H,13,15). The van der Waals surface area contributed by atoms with Crippen LogP contribution in [0.2, 0.25) is 0 Å². The lowest BCUT2D eigenvalue weighted by Crippen LogP contribution is -2.49. The SMILES string of the molecule is O=C(CC1CNC1=O)OCc1ccccc1. The van der Waals surface area contributed by atoms with Crippen molar-refractivity contribution in [1.29, 1.82) is 0 Å². The Morgan fingerprint density at radius 2 is 2.12 bits per heavy atom. The van der Waals surface area contributed by atoms with Gasteiger partial charge in [0, 0.05) is 6.54 Å². The molecule has 4 nitrogen and oxygen atoms in total. The largest absolute Gasteiger partial charge is 0.461 e. The van der Waals surface area contributed by atoms with E-state index in [0.29, 0.717) is 6.54 Å². The topological polar surface area (TPSA) is 55.4 Å². The van der Waals surface area contributed by atoms with Crippen LogP contribution in [0.4, 0.5) is 0 Å². The summed E-state index contributed by atoms with van der Waals surface area (Å²) in [5.74, 6) is -0.566. The summed E-state index contributed by atoms with van der Waals surface area (Å²) in [6, 6.07) is 9.47. The van der Waals surface area contributed by atoms with Crippen LogP contribution in [0.3, 0.4) is 0 Å². The number of rotatable bonds is 4. The van der Waals surface area contributed by atoms with Gasteiger partial charge >= 0.3 is 5.97 Å². The zero-order chi connectivity index (χ0) is 11.4. The molecular weight excluding hydrogens is 206 g/mol. The molecule has 1 aliphatic rings. The van der Waals surface area contributed by atoms with Crippen molar-refractivity contribution < 1.29 is 14.3 Å². The summed E-state index contributed by atoms with van der Waals surface area (Å²) < 4.78 is 5.06. The lowest BCUT2D eigenvalue weighted by Gasteiger charge is -2.24. The second-order valence-electron chi connectivity index (χ2n) is 3.79. The molecule has 1 saturated heterocycles. The fourth-order valence-corrected chi connectivity index (χ4v) is 1.49. The molecule has 1 aromatic carbocycles. The molecule has 16 heavy (non-hydrogen) atoms. The average Bonchev–Trinajstić information content (AvgIpc) is 2.33. The maximum atomic E-state index is 11.4. The van der Waals surface area contributed by atoms with Crippen molar-refractivity contribution in [2.75, 3.05) is 6.54 Å². The van der Waals surface area contributed by atoms with E-state index in [9.17, 15) is 9.59 Å². The number of β-lactam (4-membered cyclic amide) rings is 1. The quantitative estimate of drug-likeness (QED) is 0.603. The molecule has 1 amide bonds. The lowest BCUT2D eigenvalue weighted by molar-refractivity contribution is -0.150. The fourth-order valence-electron chi connectivity index (χ4n) is 1.49. The van der Waals surface area contributed by atoms with E-state index in [2.05, 4.69) is 5.32 Å². The van der Waals surface area contributed by atoms with Gasteiger partial charge in [0.05, 0.1) is 12.3 Å². The summed E-state index contributed by atoms with van der Waals surface area (Å²) in [6.07, 6.45) is 0.179. The summed E-state index contributed by atoms with van der Waals surface area (Å²) in [7, 11) is 0. The molecule has 1 fully saturated rings. The Kier molecular flexibility index (Phi) is 3.19. The Balaban J connectivity index is 1.74. The first-order valence-corrected chi connectivity index (χ1v) is 5.23. The minimum absolute atomic E-state index is 0.0586. The predicted octanol–water partition coefficient (Wildman–Crippen LogP) is 0.866. The zero-order valence-corrected chi connectivity index (χ0v) is 8.81. The number of nitrogens with one attached hydrogen (secondary N) is 1. The van der Waals surface area contributed by atoms with E-state index in [4.69, 9.17) is 4.74 Å². The summed E-state index contributed by atoms with van der Waals surface area (Å²) in [5.41, 5.74) is 0.953. The van der Waals surface area contributed by atoms with Gasteiger partial charge in [-0.15, -0.1) is 0 Å². The molecule has 0 saturated carbocycles. The van der Waals surface area contributed by atoms with Crippen molar-refractivity contribution in [3.8, 4) is 0 Å². The monoisotopic (exact) mass is 219 g/mol. The summed E-state index contributed by atoms with van der Waals surface area (Å²) >= 11 is 0. The molecule has 0 spiro atoms. The normalized spacial score (nSPS) is 18.5. The van der Waals surface area contributed by atoms with Crippen molar-refractivity contribution in [3.05, 3.63) is 35.9 Å². The van der Waals surface area contributed by atoms with Gasteiger partial charge in [-0.25, -0.2) is 0 Å². The van der Waals surface area contributed by atoms with E-state index in [1.807, 2.05) is 30.3 Å². The van der Waals surface area contributed by atoms with Gasteiger partial charge in [-0.05, 0) is 5.56 Å². The first-order valence-electron chi connectivity index (χ1n) is 5.23. The lowest BCUT2D eigenvalue weighted by atomic mass is 9.98. The Labute approximate surface area is 93.6 Å². The first-order chi connectivity index (χ1) is 7.75. The number of carbonyl (C=O) groups excluding carboxylic acids is 2. The summed E-state index contributed by atoms with van der Waals surface area (Å²) in [4.78, 5) is 22.3. The van der Waals surface area contributed by atoms with Crippen molar-refractivity contribution in [2.45, 2.75) is 13.0 Å². The van der Waals surface area contributed by atoms with E-state index >= 15 is 0 Å². The number of hydrogen-bond donors (Lipinski definition) is 1. The average molecular weight is 219 g/mol. The van der Waals surface area contributed by atoms with E-state index in [1.54, 1.807) is 0 Å². The van der Waals surface area contributed by atoms with E-state index in [0.717, 1.165) is 5.56 Å². The van der Waals surface area contributed by atoms with Gasteiger partial charge in [0.15, 0.2) is 0 Å². The van der Waals surface area contributed by atoms with Crippen molar-refractivity contribution in [3.63, 3.8) is 0 Å². The molecule has 1 atom stereocenters. The second-order valence-corrected chi connectivity index (χ2v) is 3.79. The molecule has 1 aliphatic heterocycles. The number of ether oxygens (including phenoxy) is 1.